The number of fused-ring (bicyclic) bond motifs is 1. The molecular formula is C18H24Cl2FN3O. The molecule has 3 rings (SSSR count). The number of carbonyl (C=O) groups is 1. The lowest BCUT2D eigenvalue weighted by Crippen LogP contribution is -2.37. The van der Waals surface area contributed by atoms with E-state index in [1.54, 1.807) is 0 Å². The Hall–Kier alpha value is -1.43. The molecule has 0 radical (unpaired) electrons. The van der Waals surface area contributed by atoms with Crippen LogP contribution in [0.15, 0.2) is 24.3 Å². The highest BCUT2D eigenvalue weighted by Crippen LogP contribution is 2.21. The Labute approximate surface area is 159 Å². The van der Waals surface area contributed by atoms with E-state index in [0.29, 0.717) is 25.1 Å². The van der Waals surface area contributed by atoms with E-state index < -0.39 is 6.17 Å². The highest BCUT2D eigenvalue weighted by Gasteiger charge is 2.24. The molecule has 0 unspecified atom stereocenters. The smallest absolute Gasteiger partial charge is 0.252 e. The summed E-state index contributed by atoms with van der Waals surface area (Å²) in [4.78, 5) is 17.1. The maximum absolute atomic E-state index is 13.2. The van der Waals surface area contributed by atoms with Crippen LogP contribution in [0.5, 0.6) is 0 Å². The van der Waals surface area contributed by atoms with Crippen LogP contribution in [-0.2, 0) is 6.42 Å². The van der Waals surface area contributed by atoms with Crippen molar-refractivity contribution in [2.24, 2.45) is 0 Å². The van der Waals surface area contributed by atoms with Gasteiger partial charge in [-0.25, -0.2) is 4.39 Å². The van der Waals surface area contributed by atoms with Crippen LogP contribution in [0.2, 0.25) is 0 Å². The van der Waals surface area contributed by atoms with Gasteiger partial charge in [-0.05, 0) is 43.5 Å². The van der Waals surface area contributed by atoms with Crippen molar-refractivity contribution in [3.8, 4) is 0 Å². The van der Waals surface area contributed by atoms with Gasteiger partial charge < -0.3 is 10.6 Å². The van der Waals surface area contributed by atoms with E-state index in [1.807, 2.05) is 31.2 Å². The van der Waals surface area contributed by atoms with Crippen molar-refractivity contribution in [3.05, 3.63) is 41.1 Å². The molecule has 2 atom stereocenters. The Morgan fingerprint density at radius 1 is 1.36 bits per heavy atom. The quantitative estimate of drug-likeness (QED) is 0.845. The van der Waals surface area contributed by atoms with Gasteiger partial charge in [0.05, 0.1) is 11.1 Å². The highest BCUT2D eigenvalue weighted by molar-refractivity contribution is 6.06. The molecule has 1 amide bonds. The first-order valence-corrected chi connectivity index (χ1v) is 8.12. The number of pyridine rings is 1. The van der Waals surface area contributed by atoms with Gasteiger partial charge in [0.25, 0.3) is 5.91 Å². The van der Waals surface area contributed by atoms with Crippen molar-refractivity contribution in [1.82, 2.24) is 15.6 Å². The largest absolute Gasteiger partial charge is 0.350 e. The number of carbonyl (C=O) groups excluding carboxylic acids is 1. The van der Waals surface area contributed by atoms with Crippen molar-refractivity contribution >= 4 is 41.6 Å². The van der Waals surface area contributed by atoms with E-state index in [4.69, 9.17) is 0 Å². The lowest BCUT2D eigenvalue weighted by Gasteiger charge is -2.13. The number of nitrogens with zero attached hydrogens (tertiary/aromatic N) is 1. The third-order valence-corrected chi connectivity index (χ3v) is 4.33. The number of hydrogen-bond donors (Lipinski definition) is 2. The number of aryl methyl sites for hydroxylation is 2. The molecule has 0 bridgehead atoms. The van der Waals surface area contributed by atoms with Crippen molar-refractivity contribution in [1.29, 1.82) is 0 Å². The summed E-state index contributed by atoms with van der Waals surface area (Å²) in [6.45, 7) is 4.78. The first-order chi connectivity index (χ1) is 11.1. The molecule has 2 heterocycles. The van der Waals surface area contributed by atoms with Crippen LogP contribution in [0.3, 0.4) is 0 Å². The molecule has 1 saturated heterocycles. The molecule has 1 aliphatic heterocycles. The number of alkyl halides is 1. The lowest BCUT2D eigenvalue weighted by atomic mass is 10.0. The Balaban J connectivity index is 0.00000156. The molecular weight excluding hydrogens is 364 g/mol. The van der Waals surface area contributed by atoms with Crippen molar-refractivity contribution < 1.29 is 9.18 Å². The second-order valence-electron chi connectivity index (χ2n) is 6.16. The molecule has 4 nitrogen and oxygen atoms in total. The van der Waals surface area contributed by atoms with Crippen LogP contribution < -0.4 is 10.6 Å². The maximum Gasteiger partial charge on any atom is 0.252 e. The zero-order valence-corrected chi connectivity index (χ0v) is 16.0. The van der Waals surface area contributed by atoms with E-state index in [2.05, 4.69) is 22.5 Å². The molecule has 1 aromatic heterocycles. The Kier molecular flexibility index (Phi) is 8.06. The summed E-state index contributed by atoms with van der Waals surface area (Å²) >= 11 is 0. The second-order valence-corrected chi connectivity index (χ2v) is 6.16. The third-order valence-electron chi connectivity index (χ3n) is 4.33. The molecule has 1 aromatic carbocycles. The molecule has 138 valence electrons. The van der Waals surface area contributed by atoms with Crippen LogP contribution >= 0.6 is 24.8 Å². The van der Waals surface area contributed by atoms with Crippen molar-refractivity contribution in [2.75, 3.05) is 13.1 Å². The van der Waals surface area contributed by atoms with Gasteiger partial charge in [0.15, 0.2) is 0 Å². The monoisotopic (exact) mass is 387 g/mol. The molecule has 7 heteroatoms. The summed E-state index contributed by atoms with van der Waals surface area (Å²) in [5.41, 5.74) is 3.46. The normalized spacial score (nSPS) is 19.2. The van der Waals surface area contributed by atoms with E-state index in [9.17, 15) is 9.18 Å². The number of nitrogens with one attached hydrogen (secondary N) is 2. The van der Waals surface area contributed by atoms with Gasteiger partial charge in [0.1, 0.15) is 6.17 Å². The van der Waals surface area contributed by atoms with Crippen molar-refractivity contribution in [2.45, 2.75) is 38.9 Å². The molecule has 25 heavy (non-hydrogen) atoms. The molecule has 2 N–H and O–H groups in total. The highest BCUT2D eigenvalue weighted by atomic mass is 35.5. The summed E-state index contributed by atoms with van der Waals surface area (Å²) in [6.07, 6.45) is 0.554. The Morgan fingerprint density at radius 3 is 2.76 bits per heavy atom. The van der Waals surface area contributed by atoms with Crippen LogP contribution in [0.1, 0.15) is 35.0 Å². The van der Waals surface area contributed by atoms with Gasteiger partial charge in [0, 0.05) is 30.2 Å². The minimum atomic E-state index is -0.812. The zero-order valence-electron chi connectivity index (χ0n) is 14.3. The first kappa shape index (κ1) is 21.6. The summed E-state index contributed by atoms with van der Waals surface area (Å²) in [5, 5.41) is 6.87. The third kappa shape index (κ3) is 5.03. The predicted molar refractivity (Wildman–Crippen MR) is 104 cm³/mol. The fourth-order valence-electron chi connectivity index (χ4n) is 3.05. The SMILES string of the molecule is CCc1ccc2nc(C)cc(C(=O)NC[C@@H]3C[C@H](F)CN3)c2c1.Cl.Cl. The summed E-state index contributed by atoms with van der Waals surface area (Å²) in [6, 6.07) is 7.86. The predicted octanol–water partition coefficient (Wildman–Crippen LogP) is 3.38. The maximum atomic E-state index is 13.2. The Morgan fingerprint density at radius 2 is 2.12 bits per heavy atom. The zero-order chi connectivity index (χ0) is 16.4. The standard InChI is InChI=1S/C18H22FN3O.2ClH/c1-3-12-4-5-17-15(7-12)16(6-11(2)22-17)18(23)21-10-14-8-13(19)9-20-14;;/h4-7,13-14,20H,3,8-10H2,1-2H3,(H,21,23);2*1H/t13-,14-;;/m0../s1. The van der Waals surface area contributed by atoms with Crippen LogP contribution in [0, 0.1) is 6.92 Å². The molecule has 2 aromatic rings. The summed E-state index contributed by atoms with van der Waals surface area (Å²) in [7, 11) is 0. The van der Waals surface area contributed by atoms with Gasteiger partial charge in [-0.3, -0.25) is 9.78 Å². The van der Waals surface area contributed by atoms with Gasteiger partial charge >= 0.3 is 0 Å². The number of aromatic nitrogens is 1. The second kappa shape index (κ2) is 9.32. The van der Waals surface area contributed by atoms with E-state index in [1.165, 1.54) is 5.56 Å². The fourth-order valence-corrected chi connectivity index (χ4v) is 3.05. The van der Waals surface area contributed by atoms with Gasteiger partial charge in [0.2, 0.25) is 0 Å². The van der Waals surface area contributed by atoms with E-state index >= 15 is 0 Å². The minimum Gasteiger partial charge on any atom is -0.350 e. The Bertz CT molecular complexity index is 742. The lowest BCUT2D eigenvalue weighted by molar-refractivity contribution is 0.0951. The molecule has 1 fully saturated rings. The summed E-state index contributed by atoms with van der Waals surface area (Å²) < 4.78 is 13.2. The van der Waals surface area contributed by atoms with Gasteiger partial charge in [-0.1, -0.05) is 13.0 Å². The average Bonchev–Trinajstić information content (AvgIpc) is 2.96. The molecule has 0 saturated carbocycles. The first-order valence-electron chi connectivity index (χ1n) is 8.12. The number of hydrogen-bond acceptors (Lipinski definition) is 3. The molecule has 0 aliphatic carbocycles. The minimum absolute atomic E-state index is 0. The van der Waals surface area contributed by atoms with Crippen LogP contribution in [0.4, 0.5) is 4.39 Å². The van der Waals surface area contributed by atoms with Crippen LogP contribution in [-0.4, -0.2) is 36.2 Å². The topological polar surface area (TPSA) is 54.0 Å². The summed E-state index contributed by atoms with van der Waals surface area (Å²) in [5.74, 6) is -0.127. The number of rotatable bonds is 4. The molecule has 1 aliphatic rings. The van der Waals surface area contributed by atoms with E-state index in [-0.39, 0.29) is 36.8 Å². The number of benzene rings is 1. The van der Waals surface area contributed by atoms with Gasteiger partial charge in [-0.2, -0.15) is 0 Å². The van der Waals surface area contributed by atoms with Crippen LogP contribution in [0.25, 0.3) is 10.9 Å². The van der Waals surface area contributed by atoms with Crippen molar-refractivity contribution in [3.63, 3.8) is 0 Å². The number of halogens is 3. The number of amides is 1. The molecule has 0 spiro atoms. The average molecular weight is 388 g/mol. The van der Waals surface area contributed by atoms with E-state index in [0.717, 1.165) is 23.0 Å². The fraction of sp³-hybridized carbons (Fsp3) is 0.444. The van der Waals surface area contributed by atoms with Gasteiger partial charge in [-0.15, -0.1) is 24.8 Å².